The van der Waals surface area contributed by atoms with E-state index in [-0.39, 0.29) is 11.8 Å². The van der Waals surface area contributed by atoms with Crippen LogP contribution < -0.4 is 5.01 Å². The summed E-state index contributed by atoms with van der Waals surface area (Å²) in [7, 11) is 0. The lowest BCUT2D eigenvalue weighted by molar-refractivity contribution is -0.119. The highest BCUT2D eigenvalue weighted by Gasteiger charge is 2.30. The van der Waals surface area contributed by atoms with E-state index in [0.717, 1.165) is 17.0 Å². The minimum atomic E-state index is -0.139. The van der Waals surface area contributed by atoms with Crippen LogP contribution in [0.15, 0.2) is 23.3 Å². The van der Waals surface area contributed by atoms with Gasteiger partial charge in [0.25, 0.3) is 5.91 Å². The lowest BCUT2D eigenvalue weighted by Crippen LogP contribution is -2.25. The van der Waals surface area contributed by atoms with Crippen molar-refractivity contribution in [2.75, 3.05) is 5.01 Å². The van der Waals surface area contributed by atoms with Crippen molar-refractivity contribution in [1.82, 2.24) is 0 Å². The number of carbonyl (C=O) groups excluding carboxylic acids is 1. The van der Waals surface area contributed by atoms with Crippen LogP contribution in [0, 0.1) is 12.8 Å². The van der Waals surface area contributed by atoms with Crippen molar-refractivity contribution >= 4 is 28.9 Å². The highest BCUT2D eigenvalue weighted by Crippen LogP contribution is 2.27. The average molecular weight is 237 g/mol. The molecule has 0 saturated heterocycles. The standard InChI is InChI=1S/C12H13ClN2O/c1-7-4-5-10(6-11(7)13)15-12(16)8(2)9(3)14-15/h4-6,8H,1-3H3. The van der Waals surface area contributed by atoms with Crippen LogP contribution in [0.2, 0.25) is 5.02 Å². The van der Waals surface area contributed by atoms with E-state index >= 15 is 0 Å². The van der Waals surface area contributed by atoms with Crippen molar-refractivity contribution in [3.63, 3.8) is 0 Å². The molecule has 1 aliphatic rings. The molecule has 1 aromatic carbocycles. The molecule has 1 heterocycles. The number of amides is 1. The SMILES string of the molecule is CC1=NN(c2ccc(C)c(Cl)c2)C(=O)C1C. The third-order valence-electron chi connectivity index (χ3n) is 2.86. The molecule has 0 aromatic heterocycles. The number of halogens is 1. The summed E-state index contributed by atoms with van der Waals surface area (Å²) in [5.41, 5.74) is 2.55. The number of nitrogens with zero attached hydrogens (tertiary/aromatic N) is 2. The number of carbonyl (C=O) groups is 1. The molecule has 1 unspecified atom stereocenters. The van der Waals surface area contributed by atoms with E-state index in [1.165, 1.54) is 5.01 Å². The summed E-state index contributed by atoms with van der Waals surface area (Å²) in [6.07, 6.45) is 0. The van der Waals surface area contributed by atoms with E-state index in [2.05, 4.69) is 5.10 Å². The quantitative estimate of drug-likeness (QED) is 0.738. The molecule has 1 aliphatic heterocycles. The lowest BCUT2D eigenvalue weighted by Gasteiger charge is -2.13. The van der Waals surface area contributed by atoms with Gasteiger partial charge in [-0.05, 0) is 38.5 Å². The number of benzene rings is 1. The topological polar surface area (TPSA) is 32.7 Å². The summed E-state index contributed by atoms with van der Waals surface area (Å²) in [5, 5.41) is 6.31. The number of hydrazone groups is 1. The molecule has 1 aromatic rings. The van der Waals surface area contributed by atoms with E-state index in [1.54, 1.807) is 6.07 Å². The van der Waals surface area contributed by atoms with Crippen LogP contribution in [0.5, 0.6) is 0 Å². The maximum atomic E-state index is 11.9. The predicted molar refractivity (Wildman–Crippen MR) is 65.9 cm³/mol. The zero-order chi connectivity index (χ0) is 11.9. The van der Waals surface area contributed by atoms with Gasteiger partial charge in [-0.25, -0.2) is 5.01 Å². The minimum Gasteiger partial charge on any atom is -0.272 e. The van der Waals surface area contributed by atoms with Crippen LogP contribution in [-0.2, 0) is 4.79 Å². The smallest absolute Gasteiger partial charge is 0.255 e. The number of rotatable bonds is 1. The van der Waals surface area contributed by atoms with Crippen LogP contribution in [-0.4, -0.2) is 11.6 Å². The Morgan fingerprint density at radius 2 is 2.06 bits per heavy atom. The van der Waals surface area contributed by atoms with Gasteiger partial charge in [0, 0.05) is 10.7 Å². The Morgan fingerprint density at radius 3 is 2.56 bits per heavy atom. The largest absolute Gasteiger partial charge is 0.272 e. The average Bonchev–Trinajstić information content (AvgIpc) is 2.50. The maximum Gasteiger partial charge on any atom is 0.255 e. The number of anilines is 1. The maximum absolute atomic E-state index is 11.9. The van der Waals surface area contributed by atoms with Gasteiger partial charge in [-0.3, -0.25) is 4.79 Å². The number of hydrogen-bond acceptors (Lipinski definition) is 2. The van der Waals surface area contributed by atoms with Crippen molar-refractivity contribution in [2.24, 2.45) is 11.0 Å². The highest BCUT2D eigenvalue weighted by atomic mass is 35.5. The fourth-order valence-corrected chi connectivity index (χ4v) is 1.73. The molecule has 2 rings (SSSR count). The van der Waals surface area contributed by atoms with E-state index in [9.17, 15) is 4.79 Å². The van der Waals surface area contributed by atoms with Gasteiger partial charge in [-0.1, -0.05) is 17.7 Å². The number of hydrogen-bond donors (Lipinski definition) is 0. The minimum absolute atomic E-state index is 0.00239. The van der Waals surface area contributed by atoms with Gasteiger partial charge in [0.05, 0.1) is 11.6 Å². The molecule has 84 valence electrons. The van der Waals surface area contributed by atoms with Gasteiger partial charge in [0.1, 0.15) is 0 Å². The van der Waals surface area contributed by atoms with Crippen molar-refractivity contribution in [1.29, 1.82) is 0 Å². The van der Waals surface area contributed by atoms with Gasteiger partial charge in [0.2, 0.25) is 0 Å². The molecule has 0 fully saturated rings. The Morgan fingerprint density at radius 1 is 1.38 bits per heavy atom. The molecule has 1 atom stereocenters. The summed E-state index contributed by atoms with van der Waals surface area (Å²) in [4.78, 5) is 11.9. The lowest BCUT2D eigenvalue weighted by atomic mass is 10.1. The molecule has 0 bridgehead atoms. The first kappa shape index (κ1) is 11.1. The summed E-state index contributed by atoms with van der Waals surface area (Å²) in [5.74, 6) is -0.141. The fourth-order valence-electron chi connectivity index (χ4n) is 1.55. The summed E-state index contributed by atoms with van der Waals surface area (Å²) >= 11 is 6.03. The third kappa shape index (κ3) is 1.71. The predicted octanol–water partition coefficient (Wildman–Crippen LogP) is 3.01. The van der Waals surface area contributed by atoms with E-state index in [1.807, 2.05) is 32.9 Å². The monoisotopic (exact) mass is 236 g/mol. The molecule has 0 aliphatic carbocycles. The molecule has 0 N–H and O–H groups in total. The van der Waals surface area contributed by atoms with Crippen molar-refractivity contribution < 1.29 is 4.79 Å². The van der Waals surface area contributed by atoms with Gasteiger partial charge in [0.15, 0.2) is 0 Å². The Labute approximate surface area is 99.7 Å². The van der Waals surface area contributed by atoms with Gasteiger partial charge >= 0.3 is 0 Å². The zero-order valence-corrected chi connectivity index (χ0v) is 10.2. The van der Waals surface area contributed by atoms with E-state index in [0.29, 0.717) is 5.02 Å². The molecular weight excluding hydrogens is 224 g/mol. The van der Waals surface area contributed by atoms with Crippen LogP contribution >= 0.6 is 11.6 Å². The second kappa shape index (κ2) is 3.91. The molecule has 0 saturated carbocycles. The second-order valence-corrected chi connectivity index (χ2v) is 4.45. The van der Waals surface area contributed by atoms with Gasteiger partial charge in [-0.2, -0.15) is 5.10 Å². The first-order valence-corrected chi connectivity index (χ1v) is 5.53. The second-order valence-electron chi connectivity index (χ2n) is 4.05. The summed E-state index contributed by atoms with van der Waals surface area (Å²) < 4.78 is 0. The molecule has 0 radical (unpaired) electrons. The first-order valence-electron chi connectivity index (χ1n) is 5.16. The van der Waals surface area contributed by atoms with Crippen LogP contribution in [0.1, 0.15) is 19.4 Å². The molecule has 1 amide bonds. The highest BCUT2D eigenvalue weighted by molar-refractivity contribution is 6.31. The van der Waals surface area contributed by atoms with Crippen molar-refractivity contribution in [3.8, 4) is 0 Å². The van der Waals surface area contributed by atoms with E-state index in [4.69, 9.17) is 11.6 Å². The fraction of sp³-hybridized carbons (Fsp3) is 0.333. The Hall–Kier alpha value is -1.35. The molecule has 0 spiro atoms. The Balaban J connectivity index is 2.39. The summed E-state index contributed by atoms with van der Waals surface area (Å²) in [6, 6.07) is 5.51. The molecule has 3 nitrogen and oxygen atoms in total. The van der Waals surface area contributed by atoms with Gasteiger partial charge in [-0.15, -0.1) is 0 Å². The molecule has 4 heteroatoms. The normalized spacial score (nSPS) is 20.2. The first-order chi connectivity index (χ1) is 7.50. The van der Waals surface area contributed by atoms with Crippen molar-refractivity contribution in [2.45, 2.75) is 20.8 Å². The van der Waals surface area contributed by atoms with Crippen LogP contribution in [0.4, 0.5) is 5.69 Å². The van der Waals surface area contributed by atoms with Gasteiger partial charge < -0.3 is 0 Å². The molecule has 16 heavy (non-hydrogen) atoms. The zero-order valence-electron chi connectivity index (χ0n) is 9.49. The van der Waals surface area contributed by atoms with Crippen LogP contribution in [0.3, 0.4) is 0 Å². The third-order valence-corrected chi connectivity index (χ3v) is 3.27. The molecular formula is C12H13ClN2O. The number of aryl methyl sites for hydroxylation is 1. The summed E-state index contributed by atoms with van der Waals surface area (Å²) in [6.45, 7) is 5.64. The Bertz CT molecular complexity index is 482. The van der Waals surface area contributed by atoms with Crippen molar-refractivity contribution in [3.05, 3.63) is 28.8 Å². The Kier molecular flexibility index (Phi) is 2.72. The van der Waals surface area contributed by atoms with Crippen LogP contribution in [0.25, 0.3) is 0 Å². The van der Waals surface area contributed by atoms with E-state index < -0.39 is 0 Å².